The normalized spacial score (nSPS) is 13.2. The first-order valence-electron chi connectivity index (χ1n) is 9.48. The molecule has 0 radical (unpaired) electrons. The Morgan fingerprint density at radius 1 is 1.00 bits per heavy atom. The molecular formula is C22H24N5O2S+. The molecule has 0 aliphatic rings. The molecule has 0 bridgehead atoms. The second-order valence-electron chi connectivity index (χ2n) is 7.29. The molecule has 4 rings (SSSR count). The Morgan fingerprint density at radius 2 is 1.70 bits per heavy atom. The molecule has 2 aromatic heterocycles. The summed E-state index contributed by atoms with van der Waals surface area (Å²) in [5, 5.41) is 4.29. The summed E-state index contributed by atoms with van der Waals surface area (Å²) in [6, 6.07) is 15.2. The minimum absolute atomic E-state index is 0.316. The van der Waals surface area contributed by atoms with E-state index < -0.39 is 10.4 Å². The van der Waals surface area contributed by atoms with Gasteiger partial charge in [-0.2, -0.15) is 14.4 Å². The fraction of sp³-hybridized carbons (Fsp3) is 0.182. The van der Waals surface area contributed by atoms with Gasteiger partial charge in [-0.25, -0.2) is 4.98 Å². The van der Waals surface area contributed by atoms with Gasteiger partial charge in [0.2, 0.25) is 4.90 Å². The van der Waals surface area contributed by atoms with Crippen LogP contribution in [0.2, 0.25) is 0 Å². The summed E-state index contributed by atoms with van der Waals surface area (Å²) < 4.78 is 30.0. The van der Waals surface area contributed by atoms with Crippen LogP contribution in [0.4, 0.5) is 5.69 Å². The van der Waals surface area contributed by atoms with Gasteiger partial charge in [0.05, 0.1) is 29.6 Å². The molecule has 1 unspecified atom stereocenters. The third kappa shape index (κ3) is 3.67. The summed E-state index contributed by atoms with van der Waals surface area (Å²) in [6.07, 6.45) is 3.60. The summed E-state index contributed by atoms with van der Waals surface area (Å²) in [5.41, 5.74) is 6.14. The van der Waals surface area contributed by atoms with Crippen LogP contribution >= 0.6 is 0 Å². The number of nitrogens with one attached hydrogen (secondary N) is 1. The smallest absolute Gasteiger partial charge is 0.334 e. The largest absolute Gasteiger partial charge is 0.346 e. The molecule has 0 saturated heterocycles. The molecular weight excluding hydrogens is 398 g/mol. The van der Waals surface area contributed by atoms with Crippen LogP contribution in [0.1, 0.15) is 11.4 Å². The van der Waals surface area contributed by atoms with Crippen molar-refractivity contribution < 1.29 is 8.76 Å². The monoisotopic (exact) mass is 422 g/mol. The van der Waals surface area contributed by atoms with E-state index in [9.17, 15) is 8.76 Å². The molecule has 2 N–H and O–H groups in total. The Balaban J connectivity index is 1.61. The lowest BCUT2D eigenvalue weighted by Gasteiger charge is -2.09. The van der Waals surface area contributed by atoms with Crippen molar-refractivity contribution in [1.29, 1.82) is 0 Å². The van der Waals surface area contributed by atoms with Gasteiger partial charge in [-0.05, 0) is 59.5 Å². The Kier molecular flexibility index (Phi) is 5.05. The van der Waals surface area contributed by atoms with E-state index in [2.05, 4.69) is 20.9 Å². The van der Waals surface area contributed by atoms with Crippen LogP contribution < -0.4 is 4.72 Å². The zero-order valence-corrected chi connectivity index (χ0v) is 18.1. The minimum Gasteiger partial charge on any atom is -0.334 e. The zero-order valence-electron chi connectivity index (χ0n) is 17.3. The maximum Gasteiger partial charge on any atom is 0.346 e. The highest BCUT2D eigenvalue weighted by atomic mass is 32.3. The van der Waals surface area contributed by atoms with Crippen molar-refractivity contribution in [2.24, 2.45) is 14.1 Å². The van der Waals surface area contributed by atoms with Crippen LogP contribution in [0, 0.1) is 13.8 Å². The highest BCUT2D eigenvalue weighted by Gasteiger charge is 2.31. The Morgan fingerprint density at radius 3 is 2.30 bits per heavy atom. The zero-order chi connectivity index (χ0) is 21.5. The van der Waals surface area contributed by atoms with Gasteiger partial charge in [0, 0.05) is 19.7 Å². The Hall–Kier alpha value is -3.23. The first kappa shape index (κ1) is 20.1. The maximum atomic E-state index is 13.0. The molecule has 7 nitrogen and oxygen atoms in total. The van der Waals surface area contributed by atoms with Gasteiger partial charge in [0.25, 0.3) is 0 Å². The summed E-state index contributed by atoms with van der Waals surface area (Å²) in [4.78, 5) is 4.49. The summed E-state index contributed by atoms with van der Waals surface area (Å²) >= 11 is 0. The van der Waals surface area contributed by atoms with Crippen LogP contribution in [-0.2, 0) is 28.7 Å². The molecule has 8 heteroatoms. The Bertz CT molecular complexity index is 1260. The van der Waals surface area contributed by atoms with Crippen molar-refractivity contribution in [3.63, 3.8) is 0 Å². The predicted molar refractivity (Wildman–Crippen MR) is 119 cm³/mol. The van der Waals surface area contributed by atoms with Crippen LogP contribution in [0.5, 0.6) is 0 Å². The number of benzene rings is 2. The third-order valence-corrected chi connectivity index (χ3v) is 6.62. The molecule has 0 saturated carbocycles. The number of anilines is 1. The van der Waals surface area contributed by atoms with Crippen molar-refractivity contribution in [2.75, 3.05) is 4.72 Å². The number of nitrogens with zero attached hydrogens (tertiary/aromatic N) is 4. The van der Waals surface area contributed by atoms with E-state index in [0.29, 0.717) is 16.3 Å². The molecule has 2 aromatic carbocycles. The number of imidazole rings is 1. The van der Waals surface area contributed by atoms with E-state index in [1.165, 1.54) is 0 Å². The van der Waals surface area contributed by atoms with Crippen molar-refractivity contribution in [2.45, 2.75) is 18.7 Å². The summed E-state index contributed by atoms with van der Waals surface area (Å²) in [7, 11) is 0.307. The first-order chi connectivity index (χ1) is 14.3. The van der Waals surface area contributed by atoms with Crippen LogP contribution in [-0.4, -0.2) is 23.9 Å². The summed E-state index contributed by atoms with van der Waals surface area (Å²) in [5.74, 6) is 0. The standard InChI is InChI=1S/C22H23N5O2S/c1-15-22(16(2)27(4)24-15)25-30(28,29)20-10-8-17(9-11-20)18-6-5-7-19(12-18)21-13-23-14-26(21)3/h5-14H,1-4H3,(H-,25,28,29)/p+1. The highest BCUT2D eigenvalue weighted by molar-refractivity contribution is 7.99. The van der Waals surface area contributed by atoms with Crippen molar-refractivity contribution in [3.8, 4) is 22.4 Å². The second-order valence-corrected chi connectivity index (χ2v) is 9.02. The van der Waals surface area contributed by atoms with Gasteiger partial charge in [0.15, 0.2) is 0 Å². The fourth-order valence-corrected chi connectivity index (χ4v) is 4.64. The molecule has 2 heterocycles. The van der Waals surface area contributed by atoms with Gasteiger partial charge in [-0.15, -0.1) is 0 Å². The number of rotatable bonds is 5. The fourth-order valence-electron chi connectivity index (χ4n) is 3.44. The second kappa shape index (κ2) is 7.55. The molecule has 0 fully saturated rings. The van der Waals surface area contributed by atoms with Crippen LogP contribution in [0.15, 0.2) is 66.0 Å². The number of aromatic nitrogens is 4. The van der Waals surface area contributed by atoms with Crippen LogP contribution in [0.25, 0.3) is 22.4 Å². The van der Waals surface area contributed by atoms with E-state index in [-0.39, 0.29) is 0 Å². The highest BCUT2D eigenvalue weighted by Crippen LogP contribution is 2.29. The number of hydrogen-bond acceptors (Lipinski definition) is 3. The van der Waals surface area contributed by atoms with Gasteiger partial charge in [-0.1, -0.05) is 18.2 Å². The SMILES string of the molecule is Cc1nn(C)c(C)c1N[S+](=O)(O)c1ccc(-c2cccc(-c3cncn3C)c2)cc1. The van der Waals surface area contributed by atoms with Gasteiger partial charge >= 0.3 is 10.4 Å². The number of hydrogen-bond donors (Lipinski definition) is 2. The predicted octanol–water partition coefficient (Wildman–Crippen LogP) is 4.46. The van der Waals surface area contributed by atoms with E-state index in [4.69, 9.17) is 0 Å². The van der Waals surface area contributed by atoms with Gasteiger partial charge < -0.3 is 4.57 Å². The van der Waals surface area contributed by atoms with Gasteiger partial charge in [0.1, 0.15) is 5.69 Å². The van der Waals surface area contributed by atoms with E-state index >= 15 is 0 Å². The lowest BCUT2D eigenvalue weighted by Crippen LogP contribution is -2.21. The molecule has 30 heavy (non-hydrogen) atoms. The molecule has 0 amide bonds. The molecule has 0 spiro atoms. The topological polar surface area (TPSA) is 85.0 Å². The average Bonchev–Trinajstić information content (AvgIpc) is 3.26. The molecule has 154 valence electrons. The van der Waals surface area contributed by atoms with Crippen molar-refractivity contribution in [1.82, 2.24) is 19.3 Å². The third-order valence-electron chi connectivity index (χ3n) is 5.23. The molecule has 1 atom stereocenters. The quantitative estimate of drug-likeness (QED) is 0.465. The molecule has 4 aromatic rings. The van der Waals surface area contributed by atoms with Crippen molar-refractivity contribution >= 4 is 16.1 Å². The lowest BCUT2D eigenvalue weighted by atomic mass is 10.0. The van der Waals surface area contributed by atoms with E-state index in [1.54, 1.807) is 30.2 Å². The van der Waals surface area contributed by atoms with Crippen LogP contribution in [0.3, 0.4) is 0 Å². The molecule has 0 aliphatic carbocycles. The lowest BCUT2D eigenvalue weighted by molar-refractivity contribution is 0.502. The van der Waals surface area contributed by atoms with E-state index in [1.807, 2.05) is 62.0 Å². The average molecular weight is 423 g/mol. The summed E-state index contributed by atoms with van der Waals surface area (Å²) in [6.45, 7) is 3.67. The Labute approximate surface area is 176 Å². The van der Waals surface area contributed by atoms with E-state index in [0.717, 1.165) is 28.1 Å². The van der Waals surface area contributed by atoms with Crippen molar-refractivity contribution in [3.05, 3.63) is 72.4 Å². The maximum absolute atomic E-state index is 13.0. The molecule has 0 aliphatic heterocycles. The minimum atomic E-state index is -3.46. The number of aryl methyl sites for hydroxylation is 3. The first-order valence-corrected chi connectivity index (χ1v) is 11.0. The van der Waals surface area contributed by atoms with Gasteiger partial charge in [-0.3, -0.25) is 4.68 Å².